The molecule has 0 unspecified atom stereocenters. The van der Waals surface area contributed by atoms with Crippen LogP contribution in [0.4, 0.5) is 5.69 Å². The SMILES string of the molecule is CC(=O)Nc1cc2c(cc1C(=O)O)OCCO2. The van der Waals surface area contributed by atoms with E-state index in [2.05, 4.69) is 5.32 Å². The number of carbonyl (C=O) groups excluding carboxylic acids is 1. The van der Waals surface area contributed by atoms with E-state index in [0.717, 1.165) is 0 Å². The molecule has 1 heterocycles. The third-order valence-electron chi connectivity index (χ3n) is 2.22. The van der Waals surface area contributed by atoms with Crippen LogP contribution in [0.2, 0.25) is 0 Å². The Kier molecular flexibility index (Phi) is 2.86. The lowest BCUT2D eigenvalue weighted by atomic mass is 10.1. The van der Waals surface area contributed by atoms with Gasteiger partial charge in [0.1, 0.15) is 13.2 Å². The number of hydrogen-bond acceptors (Lipinski definition) is 4. The lowest BCUT2D eigenvalue weighted by Gasteiger charge is -2.20. The van der Waals surface area contributed by atoms with Crippen LogP contribution in [0, 0.1) is 0 Å². The standard InChI is InChI=1S/C11H11NO5/c1-6(13)12-8-5-10-9(16-2-3-17-10)4-7(8)11(14)15/h4-5H,2-3H2,1H3,(H,12,13)(H,14,15). The maximum atomic E-state index is 11.0. The minimum Gasteiger partial charge on any atom is -0.486 e. The summed E-state index contributed by atoms with van der Waals surface area (Å²) in [5.41, 5.74) is 0.179. The normalized spacial score (nSPS) is 13.0. The van der Waals surface area contributed by atoms with Crippen molar-refractivity contribution in [1.82, 2.24) is 0 Å². The zero-order valence-corrected chi connectivity index (χ0v) is 9.15. The average Bonchev–Trinajstić information content (AvgIpc) is 2.27. The highest BCUT2D eigenvalue weighted by molar-refractivity contribution is 6.00. The number of hydrogen-bond donors (Lipinski definition) is 2. The molecule has 0 radical (unpaired) electrons. The van der Waals surface area contributed by atoms with Gasteiger partial charge in [0.15, 0.2) is 11.5 Å². The first-order valence-corrected chi connectivity index (χ1v) is 5.02. The first-order chi connectivity index (χ1) is 8.08. The molecule has 0 spiro atoms. The summed E-state index contributed by atoms with van der Waals surface area (Å²) in [5, 5.41) is 11.5. The van der Waals surface area contributed by atoms with Gasteiger partial charge in [-0.05, 0) is 0 Å². The van der Waals surface area contributed by atoms with Gasteiger partial charge >= 0.3 is 5.97 Å². The number of benzene rings is 1. The monoisotopic (exact) mass is 237 g/mol. The van der Waals surface area contributed by atoms with Crippen LogP contribution in [0.5, 0.6) is 11.5 Å². The Balaban J connectivity index is 2.47. The minimum absolute atomic E-state index is 0.0237. The molecule has 0 aromatic heterocycles. The van der Waals surface area contributed by atoms with Gasteiger partial charge in [-0.1, -0.05) is 0 Å². The van der Waals surface area contributed by atoms with Gasteiger partial charge in [0.2, 0.25) is 5.91 Å². The Labute approximate surface area is 97.1 Å². The lowest BCUT2D eigenvalue weighted by Crippen LogP contribution is -2.17. The van der Waals surface area contributed by atoms with E-state index in [1.807, 2.05) is 0 Å². The maximum Gasteiger partial charge on any atom is 0.337 e. The number of ether oxygens (including phenoxy) is 2. The molecular formula is C11H11NO5. The van der Waals surface area contributed by atoms with Crippen molar-refractivity contribution in [3.63, 3.8) is 0 Å². The summed E-state index contributed by atoms with van der Waals surface area (Å²) in [7, 11) is 0. The van der Waals surface area contributed by atoms with Gasteiger partial charge in [-0.25, -0.2) is 4.79 Å². The third kappa shape index (κ3) is 2.30. The first-order valence-electron chi connectivity index (χ1n) is 5.02. The molecule has 0 fully saturated rings. The highest BCUT2D eigenvalue weighted by Gasteiger charge is 2.19. The van der Waals surface area contributed by atoms with Gasteiger partial charge < -0.3 is 19.9 Å². The first kappa shape index (κ1) is 11.3. The van der Waals surface area contributed by atoms with Crippen LogP contribution < -0.4 is 14.8 Å². The van der Waals surface area contributed by atoms with Gasteiger partial charge in [0.05, 0.1) is 11.3 Å². The smallest absolute Gasteiger partial charge is 0.337 e. The minimum atomic E-state index is -1.13. The van der Waals surface area contributed by atoms with E-state index in [9.17, 15) is 9.59 Å². The highest BCUT2D eigenvalue weighted by Crippen LogP contribution is 2.35. The van der Waals surface area contributed by atoms with Gasteiger partial charge in [-0.2, -0.15) is 0 Å². The molecule has 1 aliphatic heterocycles. The van der Waals surface area contributed by atoms with Crippen LogP contribution in [0.1, 0.15) is 17.3 Å². The summed E-state index contributed by atoms with van der Waals surface area (Å²) in [5.74, 6) is -0.664. The van der Waals surface area contributed by atoms with Crippen molar-refractivity contribution in [1.29, 1.82) is 0 Å². The van der Waals surface area contributed by atoms with Gasteiger partial charge in [-0.3, -0.25) is 4.79 Å². The second-order valence-electron chi connectivity index (χ2n) is 3.53. The predicted octanol–water partition coefficient (Wildman–Crippen LogP) is 1.11. The molecule has 90 valence electrons. The molecule has 2 N–H and O–H groups in total. The van der Waals surface area contributed by atoms with Crippen LogP contribution in [-0.2, 0) is 4.79 Å². The number of carbonyl (C=O) groups is 2. The van der Waals surface area contributed by atoms with Crippen molar-refractivity contribution in [2.45, 2.75) is 6.92 Å². The van der Waals surface area contributed by atoms with Crippen LogP contribution in [-0.4, -0.2) is 30.2 Å². The average molecular weight is 237 g/mol. The van der Waals surface area contributed by atoms with Crippen molar-refractivity contribution >= 4 is 17.6 Å². The van der Waals surface area contributed by atoms with E-state index < -0.39 is 5.97 Å². The molecule has 0 atom stereocenters. The fourth-order valence-corrected chi connectivity index (χ4v) is 1.56. The van der Waals surface area contributed by atoms with E-state index in [0.29, 0.717) is 24.7 Å². The Morgan fingerprint density at radius 2 is 1.82 bits per heavy atom. The molecular weight excluding hydrogens is 226 g/mol. The van der Waals surface area contributed by atoms with Crippen LogP contribution >= 0.6 is 0 Å². The van der Waals surface area contributed by atoms with E-state index >= 15 is 0 Å². The summed E-state index contributed by atoms with van der Waals surface area (Å²) < 4.78 is 10.6. The molecule has 6 heteroatoms. The number of carboxylic acid groups (broad SMARTS) is 1. The Bertz CT molecular complexity index is 483. The number of carboxylic acids is 1. The molecule has 0 saturated carbocycles. The predicted molar refractivity (Wildman–Crippen MR) is 58.7 cm³/mol. The number of fused-ring (bicyclic) bond motifs is 1. The highest BCUT2D eigenvalue weighted by atomic mass is 16.6. The van der Waals surface area contributed by atoms with Crippen LogP contribution in [0.15, 0.2) is 12.1 Å². The molecule has 1 amide bonds. The second-order valence-corrected chi connectivity index (χ2v) is 3.53. The van der Waals surface area contributed by atoms with Crippen molar-refractivity contribution in [2.24, 2.45) is 0 Å². The van der Waals surface area contributed by atoms with Gasteiger partial charge in [0.25, 0.3) is 0 Å². The van der Waals surface area contributed by atoms with Gasteiger partial charge in [-0.15, -0.1) is 0 Å². The number of nitrogens with one attached hydrogen (secondary N) is 1. The molecule has 1 aromatic rings. The van der Waals surface area contributed by atoms with Crippen molar-refractivity contribution in [3.05, 3.63) is 17.7 Å². The Morgan fingerprint density at radius 1 is 1.24 bits per heavy atom. The van der Waals surface area contributed by atoms with E-state index in [1.54, 1.807) is 0 Å². The van der Waals surface area contributed by atoms with E-state index in [1.165, 1.54) is 19.1 Å². The number of amides is 1. The fourth-order valence-electron chi connectivity index (χ4n) is 1.56. The molecule has 0 aliphatic carbocycles. The molecule has 6 nitrogen and oxygen atoms in total. The molecule has 0 bridgehead atoms. The van der Waals surface area contributed by atoms with Gasteiger partial charge in [0, 0.05) is 19.1 Å². The maximum absolute atomic E-state index is 11.0. The Hall–Kier alpha value is -2.24. The lowest BCUT2D eigenvalue weighted by molar-refractivity contribution is -0.114. The molecule has 17 heavy (non-hydrogen) atoms. The summed E-state index contributed by atoms with van der Waals surface area (Å²) in [6.45, 7) is 2.09. The summed E-state index contributed by atoms with van der Waals surface area (Å²) in [6, 6.07) is 2.81. The fraction of sp³-hybridized carbons (Fsp3) is 0.273. The van der Waals surface area contributed by atoms with Crippen molar-refractivity contribution in [3.8, 4) is 11.5 Å². The molecule has 1 aliphatic rings. The quantitative estimate of drug-likeness (QED) is 0.804. The zero-order valence-electron chi connectivity index (χ0n) is 9.15. The molecule has 2 rings (SSSR count). The summed E-state index contributed by atoms with van der Waals surface area (Å²) in [4.78, 5) is 22.0. The number of aromatic carboxylic acids is 1. The molecule has 0 saturated heterocycles. The summed E-state index contributed by atoms with van der Waals surface area (Å²) >= 11 is 0. The largest absolute Gasteiger partial charge is 0.486 e. The van der Waals surface area contributed by atoms with E-state index in [-0.39, 0.29) is 17.2 Å². The third-order valence-corrected chi connectivity index (χ3v) is 2.22. The summed E-state index contributed by atoms with van der Waals surface area (Å²) in [6.07, 6.45) is 0. The zero-order chi connectivity index (χ0) is 12.4. The van der Waals surface area contributed by atoms with Crippen LogP contribution in [0.3, 0.4) is 0 Å². The second kappa shape index (κ2) is 4.32. The van der Waals surface area contributed by atoms with Crippen molar-refractivity contribution in [2.75, 3.05) is 18.5 Å². The van der Waals surface area contributed by atoms with Crippen LogP contribution in [0.25, 0.3) is 0 Å². The van der Waals surface area contributed by atoms with Crippen molar-refractivity contribution < 1.29 is 24.2 Å². The number of anilines is 1. The Morgan fingerprint density at radius 3 is 2.35 bits per heavy atom. The number of rotatable bonds is 2. The molecule has 1 aromatic carbocycles. The topological polar surface area (TPSA) is 84.9 Å². The van der Waals surface area contributed by atoms with E-state index in [4.69, 9.17) is 14.6 Å².